The SMILES string of the molecule is O=C(c1ccc(Cl)c(Cl)c1)C1CCC2CCCCC2N1. The molecule has 0 aromatic heterocycles. The van der Waals surface area contributed by atoms with Crippen molar-refractivity contribution in [3.8, 4) is 0 Å². The lowest BCUT2D eigenvalue weighted by molar-refractivity contribution is 0.0861. The van der Waals surface area contributed by atoms with Crippen LogP contribution in [0.3, 0.4) is 0 Å². The Kier molecular flexibility index (Phi) is 4.34. The standard InChI is InChI=1S/C16H19Cl2NO/c17-12-7-5-11(9-13(12)18)16(20)15-8-6-10-3-1-2-4-14(10)19-15/h5,7,9-10,14-15,19H,1-4,6,8H2. The summed E-state index contributed by atoms with van der Waals surface area (Å²) >= 11 is 11.9. The number of ketones is 1. The van der Waals surface area contributed by atoms with Gasteiger partial charge in [-0.2, -0.15) is 0 Å². The first-order valence-corrected chi connectivity index (χ1v) is 8.16. The first-order valence-electron chi connectivity index (χ1n) is 7.40. The molecule has 1 saturated heterocycles. The summed E-state index contributed by atoms with van der Waals surface area (Å²) in [6, 6.07) is 5.61. The van der Waals surface area contributed by atoms with Crippen molar-refractivity contribution in [3.05, 3.63) is 33.8 Å². The molecule has 1 heterocycles. The number of piperidine rings is 1. The highest BCUT2D eigenvalue weighted by Crippen LogP contribution is 2.33. The van der Waals surface area contributed by atoms with Crippen LogP contribution in [0.4, 0.5) is 0 Å². The average molecular weight is 312 g/mol. The number of rotatable bonds is 2. The molecule has 0 bridgehead atoms. The molecular formula is C16H19Cl2NO. The molecule has 0 spiro atoms. The molecule has 3 atom stereocenters. The van der Waals surface area contributed by atoms with Crippen LogP contribution in [0.1, 0.15) is 48.9 Å². The second kappa shape index (κ2) is 6.05. The van der Waals surface area contributed by atoms with Crippen LogP contribution < -0.4 is 5.32 Å². The summed E-state index contributed by atoms with van der Waals surface area (Å²) in [5, 5.41) is 4.50. The molecule has 1 aromatic rings. The molecule has 1 aromatic carbocycles. The maximum atomic E-state index is 12.6. The fourth-order valence-electron chi connectivity index (χ4n) is 3.55. The van der Waals surface area contributed by atoms with E-state index in [1.54, 1.807) is 18.2 Å². The molecule has 1 aliphatic carbocycles. The molecule has 2 nitrogen and oxygen atoms in total. The van der Waals surface area contributed by atoms with E-state index in [4.69, 9.17) is 23.2 Å². The summed E-state index contributed by atoms with van der Waals surface area (Å²) in [5.74, 6) is 0.911. The van der Waals surface area contributed by atoms with Crippen molar-refractivity contribution < 1.29 is 4.79 Å². The first-order chi connectivity index (χ1) is 9.65. The van der Waals surface area contributed by atoms with E-state index in [2.05, 4.69) is 5.32 Å². The van der Waals surface area contributed by atoms with Crippen LogP contribution in [0.25, 0.3) is 0 Å². The van der Waals surface area contributed by atoms with Gasteiger partial charge in [0.1, 0.15) is 0 Å². The van der Waals surface area contributed by atoms with Crippen molar-refractivity contribution in [2.75, 3.05) is 0 Å². The van der Waals surface area contributed by atoms with Crippen LogP contribution >= 0.6 is 23.2 Å². The van der Waals surface area contributed by atoms with Gasteiger partial charge < -0.3 is 5.32 Å². The number of Topliss-reactive ketones (excluding diaryl/α,β-unsaturated/α-hetero) is 1. The van der Waals surface area contributed by atoms with E-state index in [-0.39, 0.29) is 11.8 Å². The number of fused-ring (bicyclic) bond motifs is 1. The third-order valence-corrected chi connectivity index (χ3v) is 5.41. The number of hydrogen-bond donors (Lipinski definition) is 1. The Morgan fingerprint density at radius 2 is 1.85 bits per heavy atom. The van der Waals surface area contributed by atoms with Gasteiger partial charge in [0, 0.05) is 11.6 Å². The van der Waals surface area contributed by atoms with Gasteiger partial charge in [-0.15, -0.1) is 0 Å². The average Bonchev–Trinajstić information content (AvgIpc) is 2.49. The number of carbonyl (C=O) groups is 1. The van der Waals surface area contributed by atoms with Gasteiger partial charge in [0.25, 0.3) is 0 Å². The molecule has 1 N–H and O–H groups in total. The molecule has 0 radical (unpaired) electrons. The van der Waals surface area contributed by atoms with Crippen molar-refractivity contribution in [2.24, 2.45) is 5.92 Å². The van der Waals surface area contributed by atoms with Crippen LogP contribution in [0, 0.1) is 5.92 Å². The molecule has 1 saturated carbocycles. The van der Waals surface area contributed by atoms with Gasteiger partial charge in [-0.25, -0.2) is 0 Å². The van der Waals surface area contributed by atoms with Crippen molar-refractivity contribution in [1.82, 2.24) is 5.32 Å². The Balaban J connectivity index is 1.72. The van der Waals surface area contributed by atoms with Crippen LogP contribution in [-0.2, 0) is 0 Å². The van der Waals surface area contributed by atoms with Crippen LogP contribution in [0.5, 0.6) is 0 Å². The monoisotopic (exact) mass is 311 g/mol. The zero-order valence-corrected chi connectivity index (χ0v) is 12.9. The quantitative estimate of drug-likeness (QED) is 0.815. The Bertz CT molecular complexity index is 517. The molecule has 1 aliphatic heterocycles. The predicted octanol–water partition coefficient (Wildman–Crippen LogP) is 4.49. The lowest BCUT2D eigenvalue weighted by Crippen LogP contribution is -2.52. The van der Waals surface area contributed by atoms with Gasteiger partial charge in [-0.05, 0) is 49.8 Å². The highest BCUT2D eigenvalue weighted by molar-refractivity contribution is 6.42. The van der Waals surface area contributed by atoms with E-state index < -0.39 is 0 Å². The Morgan fingerprint density at radius 1 is 1.05 bits per heavy atom. The van der Waals surface area contributed by atoms with Gasteiger partial charge in [-0.1, -0.05) is 36.0 Å². The molecule has 2 aliphatic rings. The van der Waals surface area contributed by atoms with E-state index in [9.17, 15) is 4.79 Å². The third kappa shape index (κ3) is 2.88. The smallest absolute Gasteiger partial charge is 0.179 e. The van der Waals surface area contributed by atoms with Crippen LogP contribution in [0.15, 0.2) is 18.2 Å². The molecule has 3 rings (SSSR count). The molecule has 20 heavy (non-hydrogen) atoms. The number of carbonyl (C=O) groups excluding carboxylic acids is 1. The fraction of sp³-hybridized carbons (Fsp3) is 0.562. The minimum absolute atomic E-state index is 0.0633. The Morgan fingerprint density at radius 3 is 2.65 bits per heavy atom. The zero-order chi connectivity index (χ0) is 14.1. The zero-order valence-electron chi connectivity index (χ0n) is 11.4. The van der Waals surface area contributed by atoms with E-state index >= 15 is 0 Å². The van der Waals surface area contributed by atoms with Crippen molar-refractivity contribution in [1.29, 1.82) is 0 Å². The summed E-state index contributed by atoms with van der Waals surface area (Å²) in [6.07, 6.45) is 7.23. The summed E-state index contributed by atoms with van der Waals surface area (Å²) in [5.41, 5.74) is 0.658. The highest BCUT2D eigenvalue weighted by atomic mass is 35.5. The fourth-order valence-corrected chi connectivity index (χ4v) is 3.85. The normalized spacial score (nSPS) is 29.8. The van der Waals surface area contributed by atoms with E-state index in [1.807, 2.05) is 0 Å². The van der Waals surface area contributed by atoms with E-state index in [0.29, 0.717) is 21.7 Å². The first kappa shape index (κ1) is 14.4. The topological polar surface area (TPSA) is 29.1 Å². The minimum Gasteiger partial charge on any atom is -0.304 e. The van der Waals surface area contributed by atoms with Crippen LogP contribution in [-0.4, -0.2) is 17.9 Å². The Hall–Kier alpha value is -0.570. The van der Waals surface area contributed by atoms with Gasteiger partial charge in [0.05, 0.1) is 16.1 Å². The van der Waals surface area contributed by atoms with E-state index in [1.165, 1.54) is 25.7 Å². The van der Waals surface area contributed by atoms with Crippen LogP contribution in [0.2, 0.25) is 10.0 Å². The summed E-state index contributed by atoms with van der Waals surface area (Å²) in [4.78, 5) is 12.6. The van der Waals surface area contributed by atoms with Gasteiger partial charge in [0.15, 0.2) is 5.78 Å². The minimum atomic E-state index is -0.0633. The number of hydrogen-bond acceptors (Lipinski definition) is 2. The highest BCUT2D eigenvalue weighted by Gasteiger charge is 2.34. The maximum Gasteiger partial charge on any atom is 0.179 e. The molecule has 2 fully saturated rings. The van der Waals surface area contributed by atoms with Crippen molar-refractivity contribution >= 4 is 29.0 Å². The molecule has 0 amide bonds. The second-order valence-electron chi connectivity index (χ2n) is 5.94. The van der Waals surface area contributed by atoms with E-state index in [0.717, 1.165) is 18.8 Å². The number of halogens is 2. The molecular weight excluding hydrogens is 293 g/mol. The number of nitrogens with one attached hydrogen (secondary N) is 1. The van der Waals surface area contributed by atoms with Crippen molar-refractivity contribution in [2.45, 2.75) is 50.6 Å². The van der Waals surface area contributed by atoms with Crippen molar-refractivity contribution in [3.63, 3.8) is 0 Å². The largest absolute Gasteiger partial charge is 0.304 e. The molecule has 108 valence electrons. The lowest BCUT2D eigenvalue weighted by atomic mass is 9.77. The lowest BCUT2D eigenvalue weighted by Gasteiger charge is -2.40. The van der Waals surface area contributed by atoms with Gasteiger partial charge in [0.2, 0.25) is 0 Å². The van der Waals surface area contributed by atoms with Gasteiger partial charge in [-0.3, -0.25) is 4.79 Å². The number of benzene rings is 1. The Labute approximate surface area is 129 Å². The predicted molar refractivity (Wildman–Crippen MR) is 82.7 cm³/mol. The summed E-state index contributed by atoms with van der Waals surface area (Å²) < 4.78 is 0. The molecule has 4 heteroatoms. The summed E-state index contributed by atoms with van der Waals surface area (Å²) in [7, 11) is 0. The van der Waals surface area contributed by atoms with Gasteiger partial charge >= 0.3 is 0 Å². The summed E-state index contributed by atoms with van der Waals surface area (Å²) in [6.45, 7) is 0. The maximum absolute atomic E-state index is 12.6. The second-order valence-corrected chi connectivity index (χ2v) is 6.76. The molecule has 3 unspecified atom stereocenters. The third-order valence-electron chi connectivity index (χ3n) is 4.67.